The largest absolute Gasteiger partial charge is 0.316 e. The third-order valence-corrected chi connectivity index (χ3v) is 4.41. The molecule has 6 heteroatoms. The van der Waals surface area contributed by atoms with Crippen LogP contribution in [0.3, 0.4) is 0 Å². The van der Waals surface area contributed by atoms with E-state index < -0.39 is 0 Å². The number of fused-ring (bicyclic) bond motifs is 1. The fourth-order valence-electron chi connectivity index (χ4n) is 3.57. The zero-order valence-electron chi connectivity index (χ0n) is 11.7. The van der Waals surface area contributed by atoms with Gasteiger partial charge in [-0.1, -0.05) is 6.92 Å². The molecule has 6 nitrogen and oxygen atoms in total. The molecule has 0 saturated carbocycles. The Kier molecular flexibility index (Phi) is 3.93. The summed E-state index contributed by atoms with van der Waals surface area (Å²) in [6.07, 6.45) is 4.35. The third-order valence-electron chi connectivity index (χ3n) is 4.41. The topological polar surface area (TPSA) is 70.2 Å². The Morgan fingerprint density at radius 2 is 2.25 bits per heavy atom. The molecule has 20 heavy (non-hydrogen) atoms. The normalized spacial score (nSPS) is 29.4. The molecule has 1 aromatic heterocycles. The number of aromatic nitrogens is 2. The highest BCUT2D eigenvalue weighted by Gasteiger charge is 2.43. The first-order valence-corrected chi connectivity index (χ1v) is 7.29. The number of amides is 1. The lowest BCUT2D eigenvalue weighted by molar-refractivity contribution is -0.117. The molecule has 0 spiro atoms. The van der Waals surface area contributed by atoms with E-state index in [0.29, 0.717) is 30.4 Å². The molecular formula is C14H21N5O. The summed E-state index contributed by atoms with van der Waals surface area (Å²) in [5.74, 6) is 1.75. The fraction of sp³-hybridized carbons (Fsp3) is 0.643. The van der Waals surface area contributed by atoms with Gasteiger partial charge in [0.25, 0.3) is 0 Å². The van der Waals surface area contributed by atoms with Crippen molar-refractivity contribution < 1.29 is 4.79 Å². The average Bonchev–Trinajstić information content (AvgIpc) is 3.00. The van der Waals surface area contributed by atoms with Gasteiger partial charge in [-0.3, -0.25) is 15.0 Å². The van der Waals surface area contributed by atoms with Crippen molar-refractivity contribution in [2.24, 2.45) is 11.8 Å². The van der Waals surface area contributed by atoms with Gasteiger partial charge in [0.05, 0.1) is 6.54 Å². The number of carbonyl (C=O) groups excluding carboxylic acids is 1. The molecule has 2 aliphatic rings. The minimum absolute atomic E-state index is 0.0254. The van der Waals surface area contributed by atoms with Gasteiger partial charge >= 0.3 is 0 Å². The van der Waals surface area contributed by atoms with Crippen LogP contribution in [0, 0.1) is 11.8 Å². The smallest absolute Gasteiger partial charge is 0.240 e. The quantitative estimate of drug-likeness (QED) is 0.829. The van der Waals surface area contributed by atoms with Gasteiger partial charge in [-0.15, -0.1) is 0 Å². The maximum atomic E-state index is 12.1. The minimum atomic E-state index is -0.0254. The van der Waals surface area contributed by atoms with Crippen molar-refractivity contribution in [1.82, 2.24) is 20.2 Å². The lowest BCUT2D eigenvalue weighted by atomic mass is 9.93. The Balaban J connectivity index is 1.58. The predicted octanol–water partition coefficient (Wildman–Crippen LogP) is 0.345. The van der Waals surface area contributed by atoms with Crippen molar-refractivity contribution in [2.45, 2.75) is 19.4 Å². The van der Waals surface area contributed by atoms with Crippen LogP contribution in [0.1, 0.15) is 13.3 Å². The lowest BCUT2D eigenvalue weighted by Crippen LogP contribution is -2.40. The third kappa shape index (κ3) is 2.66. The molecule has 2 aliphatic heterocycles. The van der Waals surface area contributed by atoms with Crippen LogP contribution < -0.4 is 10.6 Å². The van der Waals surface area contributed by atoms with E-state index in [4.69, 9.17) is 0 Å². The van der Waals surface area contributed by atoms with Gasteiger partial charge in [-0.25, -0.2) is 9.97 Å². The summed E-state index contributed by atoms with van der Waals surface area (Å²) in [7, 11) is 0. The van der Waals surface area contributed by atoms with Gasteiger partial charge in [0, 0.05) is 25.0 Å². The van der Waals surface area contributed by atoms with Gasteiger partial charge in [-0.2, -0.15) is 0 Å². The van der Waals surface area contributed by atoms with Gasteiger partial charge < -0.3 is 5.32 Å². The highest BCUT2D eigenvalue weighted by Crippen LogP contribution is 2.33. The highest BCUT2D eigenvalue weighted by atomic mass is 16.2. The van der Waals surface area contributed by atoms with Crippen LogP contribution in [0.15, 0.2) is 18.5 Å². The molecule has 3 atom stereocenters. The summed E-state index contributed by atoms with van der Waals surface area (Å²) in [6, 6.07) is 2.25. The molecule has 3 heterocycles. The number of likely N-dealkylation sites (tertiary alicyclic amines) is 1. The van der Waals surface area contributed by atoms with Crippen LogP contribution in [-0.2, 0) is 4.79 Å². The Hall–Kier alpha value is -1.53. The zero-order chi connectivity index (χ0) is 13.9. The summed E-state index contributed by atoms with van der Waals surface area (Å²) >= 11 is 0. The Morgan fingerprint density at radius 1 is 1.45 bits per heavy atom. The number of nitrogens with zero attached hydrogens (tertiary/aromatic N) is 3. The average molecular weight is 275 g/mol. The minimum Gasteiger partial charge on any atom is -0.316 e. The van der Waals surface area contributed by atoms with E-state index in [-0.39, 0.29) is 5.91 Å². The van der Waals surface area contributed by atoms with Gasteiger partial charge in [0.1, 0.15) is 0 Å². The monoisotopic (exact) mass is 275 g/mol. The van der Waals surface area contributed by atoms with Crippen LogP contribution >= 0.6 is 0 Å². The van der Waals surface area contributed by atoms with Crippen molar-refractivity contribution in [3.05, 3.63) is 18.5 Å². The van der Waals surface area contributed by atoms with E-state index in [2.05, 4.69) is 32.4 Å². The summed E-state index contributed by atoms with van der Waals surface area (Å²) in [6.45, 7) is 5.82. The van der Waals surface area contributed by atoms with E-state index in [1.54, 1.807) is 18.5 Å². The van der Waals surface area contributed by atoms with E-state index in [1.807, 2.05) is 0 Å². The molecule has 2 fully saturated rings. The van der Waals surface area contributed by atoms with E-state index in [0.717, 1.165) is 26.1 Å². The van der Waals surface area contributed by atoms with Crippen molar-refractivity contribution in [3.8, 4) is 0 Å². The molecule has 0 aliphatic carbocycles. The molecule has 1 aromatic rings. The molecule has 2 N–H and O–H groups in total. The molecule has 3 unspecified atom stereocenters. The second-order valence-electron chi connectivity index (χ2n) is 5.61. The van der Waals surface area contributed by atoms with E-state index >= 15 is 0 Å². The predicted molar refractivity (Wildman–Crippen MR) is 76.2 cm³/mol. The molecule has 3 rings (SSSR count). The first-order valence-electron chi connectivity index (χ1n) is 7.29. The van der Waals surface area contributed by atoms with Crippen LogP contribution in [-0.4, -0.2) is 53.0 Å². The van der Waals surface area contributed by atoms with Gasteiger partial charge in [-0.05, 0) is 37.4 Å². The molecule has 0 aromatic carbocycles. The van der Waals surface area contributed by atoms with Crippen LogP contribution in [0.2, 0.25) is 0 Å². The van der Waals surface area contributed by atoms with E-state index in [9.17, 15) is 4.79 Å². The Morgan fingerprint density at radius 3 is 3.00 bits per heavy atom. The first kappa shape index (κ1) is 13.5. The summed E-state index contributed by atoms with van der Waals surface area (Å²) in [5, 5.41) is 6.22. The van der Waals surface area contributed by atoms with Gasteiger partial charge in [0.2, 0.25) is 11.9 Å². The number of hydrogen-bond donors (Lipinski definition) is 2. The summed E-state index contributed by atoms with van der Waals surface area (Å²) in [4.78, 5) is 22.5. The Bertz CT molecular complexity index is 466. The Labute approximate surface area is 119 Å². The number of anilines is 1. The molecule has 0 radical (unpaired) electrons. The zero-order valence-corrected chi connectivity index (χ0v) is 11.7. The van der Waals surface area contributed by atoms with Crippen molar-refractivity contribution in [1.29, 1.82) is 0 Å². The molecule has 108 valence electrons. The maximum Gasteiger partial charge on any atom is 0.240 e. The van der Waals surface area contributed by atoms with Crippen molar-refractivity contribution in [3.63, 3.8) is 0 Å². The van der Waals surface area contributed by atoms with Crippen LogP contribution in [0.25, 0.3) is 0 Å². The number of hydrogen-bond acceptors (Lipinski definition) is 5. The van der Waals surface area contributed by atoms with Gasteiger partial charge in [0.15, 0.2) is 0 Å². The van der Waals surface area contributed by atoms with Crippen LogP contribution in [0.4, 0.5) is 5.95 Å². The second kappa shape index (κ2) is 5.85. The van der Waals surface area contributed by atoms with E-state index in [1.165, 1.54) is 0 Å². The maximum absolute atomic E-state index is 12.1. The molecule has 2 saturated heterocycles. The van der Waals surface area contributed by atoms with Crippen LogP contribution in [0.5, 0.6) is 0 Å². The number of nitrogens with one attached hydrogen (secondary N) is 2. The van der Waals surface area contributed by atoms with Crippen molar-refractivity contribution >= 4 is 11.9 Å². The number of rotatable bonds is 4. The number of carbonyl (C=O) groups is 1. The standard InChI is InChI=1S/C14H21N5O/c1-2-12-11-7-15-6-10(11)8-19(12)9-13(20)18-14-16-4-3-5-17-14/h3-5,10-12,15H,2,6-9H2,1H3,(H,16,17,18,20). The fourth-order valence-corrected chi connectivity index (χ4v) is 3.57. The SMILES string of the molecule is CCC1C2CNCC2CN1CC(=O)Nc1ncccn1. The highest BCUT2D eigenvalue weighted by molar-refractivity contribution is 5.90. The summed E-state index contributed by atoms with van der Waals surface area (Å²) in [5.41, 5.74) is 0. The van der Waals surface area contributed by atoms with Crippen molar-refractivity contribution in [2.75, 3.05) is 31.5 Å². The molecule has 0 bridgehead atoms. The molecular weight excluding hydrogens is 254 g/mol. The lowest BCUT2D eigenvalue weighted by Gasteiger charge is -2.25. The first-order chi connectivity index (χ1) is 9.78. The molecule has 1 amide bonds. The second-order valence-corrected chi connectivity index (χ2v) is 5.61. The summed E-state index contributed by atoms with van der Waals surface area (Å²) < 4.78 is 0.